The fourth-order valence-corrected chi connectivity index (χ4v) is 5.32. The fourth-order valence-electron chi connectivity index (χ4n) is 5.32. The normalized spacial score (nSPS) is 13.6. The summed E-state index contributed by atoms with van der Waals surface area (Å²) in [5.41, 5.74) is 6.77. The molecule has 1 aliphatic rings. The molecule has 6 rings (SSSR count). The van der Waals surface area contributed by atoms with E-state index in [2.05, 4.69) is 81.4 Å². The first-order valence-corrected chi connectivity index (χ1v) is 13.3. The summed E-state index contributed by atoms with van der Waals surface area (Å²) in [6.07, 6.45) is 8.16. The van der Waals surface area contributed by atoms with Crippen LogP contribution in [0.25, 0.3) is 27.7 Å². The van der Waals surface area contributed by atoms with Gasteiger partial charge in [-0.05, 0) is 85.3 Å². The highest BCUT2D eigenvalue weighted by Gasteiger charge is 2.12. The lowest BCUT2D eigenvalue weighted by atomic mass is 10.0. The van der Waals surface area contributed by atoms with Crippen LogP contribution in [0.5, 0.6) is 0 Å². The molecule has 0 saturated carbocycles. The van der Waals surface area contributed by atoms with E-state index in [1.807, 2.05) is 24.5 Å². The van der Waals surface area contributed by atoms with Crippen LogP contribution in [0.1, 0.15) is 24.0 Å². The predicted octanol–water partition coefficient (Wildman–Crippen LogP) is 6.16. The second-order valence-corrected chi connectivity index (χ2v) is 9.97. The zero-order valence-corrected chi connectivity index (χ0v) is 22.3. The molecule has 3 aromatic carbocycles. The number of pyridine rings is 1. The summed E-state index contributed by atoms with van der Waals surface area (Å²) in [4.78, 5) is 15.5. The standard InChI is InChI=1S/C32H32N4O.ClH/c37-32-22-26(9-8-25-10-12-28(13-11-25)27-6-2-1-3-7-27)16-19-35(32)30-14-15-31-29(23-30)24-33-36(31)21-20-34-17-4-5-18-34;/h1-3,6-7,10-16,19,22-24H,4-5,8-9,17-18,20-21H2;1H. The maximum atomic E-state index is 13.0. The van der Waals surface area contributed by atoms with E-state index in [0.29, 0.717) is 0 Å². The highest BCUT2D eigenvalue weighted by Crippen LogP contribution is 2.21. The predicted molar refractivity (Wildman–Crippen MR) is 158 cm³/mol. The second-order valence-electron chi connectivity index (χ2n) is 9.97. The number of nitrogens with zero attached hydrogens (tertiary/aromatic N) is 4. The molecule has 1 aliphatic heterocycles. The molecule has 0 bridgehead atoms. The lowest BCUT2D eigenvalue weighted by Crippen LogP contribution is -2.24. The Balaban J connectivity index is 0.00000294. The van der Waals surface area contributed by atoms with Crippen molar-refractivity contribution in [1.29, 1.82) is 0 Å². The van der Waals surface area contributed by atoms with E-state index in [0.717, 1.165) is 48.1 Å². The number of aryl methyl sites for hydroxylation is 2. The topological polar surface area (TPSA) is 43.1 Å². The third-order valence-electron chi connectivity index (χ3n) is 7.48. The molecule has 3 heterocycles. The molecular formula is C32H33ClN4O. The highest BCUT2D eigenvalue weighted by atomic mass is 35.5. The summed E-state index contributed by atoms with van der Waals surface area (Å²) in [6, 6.07) is 29.1. The minimum atomic E-state index is -0.00213. The van der Waals surface area contributed by atoms with Gasteiger partial charge in [-0.15, -0.1) is 12.4 Å². The van der Waals surface area contributed by atoms with Crippen LogP contribution < -0.4 is 5.56 Å². The third kappa shape index (κ3) is 5.74. The number of likely N-dealkylation sites (tertiary alicyclic amines) is 1. The van der Waals surface area contributed by atoms with Crippen LogP contribution in [-0.4, -0.2) is 38.9 Å². The molecule has 1 fully saturated rings. The van der Waals surface area contributed by atoms with Crippen LogP contribution in [0.3, 0.4) is 0 Å². The maximum absolute atomic E-state index is 13.0. The number of rotatable bonds is 8. The van der Waals surface area contributed by atoms with Crippen molar-refractivity contribution in [1.82, 2.24) is 19.2 Å². The van der Waals surface area contributed by atoms with Crippen molar-refractivity contribution in [3.63, 3.8) is 0 Å². The molecule has 5 nitrogen and oxygen atoms in total. The van der Waals surface area contributed by atoms with E-state index < -0.39 is 0 Å². The summed E-state index contributed by atoms with van der Waals surface area (Å²) >= 11 is 0. The van der Waals surface area contributed by atoms with Gasteiger partial charge in [0.05, 0.1) is 18.3 Å². The largest absolute Gasteiger partial charge is 0.301 e. The molecule has 0 aliphatic carbocycles. The van der Waals surface area contributed by atoms with Gasteiger partial charge in [0, 0.05) is 29.9 Å². The molecule has 0 radical (unpaired) electrons. The summed E-state index contributed by atoms with van der Waals surface area (Å²) in [5, 5.41) is 5.67. The Bertz CT molecular complexity index is 1550. The van der Waals surface area contributed by atoms with Crippen molar-refractivity contribution in [2.24, 2.45) is 0 Å². The van der Waals surface area contributed by atoms with Crippen LogP contribution in [0.4, 0.5) is 0 Å². The Morgan fingerprint density at radius 1 is 0.737 bits per heavy atom. The number of aromatic nitrogens is 3. The zero-order chi connectivity index (χ0) is 25.0. The van der Waals surface area contributed by atoms with Gasteiger partial charge in [0.1, 0.15) is 0 Å². The minimum absolute atomic E-state index is 0. The Hall–Kier alpha value is -3.67. The van der Waals surface area contributed by atoms with Gasteiger partial charge in [0.25, 0.3) is 5.56 Å². The summed E-state index contributed by atoms with van der Waals surface area (Å²) < 4.78 is 3.80. The van der Waals surface area contributed by atoms with Gasteiger partial charge in [-0.25, -0.2) is 0 Å². The monoisotopic (exact) mass is 524 g/mol. The molecule has 2 aromatic heterocycles. The van der Waals surface area contributed by atoms with Crippen LogP contribution in [0, 0.1) is 0 Å². The van der Waals surface area contributed by atoms with Gasteiger partial charge in [-0.2, -0.15) is 5.10 Å². The van der Waals surface area contributed by atoms with Crippen molar-refractivity contribution in [2.45, 2.75) is 32.2 Å². The molecule has 194 valence electrons. The number of fused-ring (bicyclic) bond motifs is 1. The number of hydrogen-bond donors (Lipinski definition) is 0. The Labute approximate surface area is 229 Å². The van der Waals surface area contributed by atoms with E-state index >= 15 is 0 Å². The molecule has 0 amide bonds. The van der Waals surface area contributed by atoms with Gasteiger partial charge in [-0.3, -0.25) is 14.0 Å². The van der Waals surface area contributed by atoms with Crippen LogP contribution in [0.2, 0.25) is 0 Å². The molecule has 6 heteroatoms. The third-order valence-corrected chi connectivity index (χ3v) is 7.48. The SMILES string of the molecule is Cl.O=c1cc(CCc2ccc(-c3ccccc3)cc2)ccn1-c1ccc2c(cnn2CCN2CCCC2)c1. The summed E-state index contributed by atoms with van der Waals surface area (Å²) in [5.74, 6) is 0. The van der Waals surface area contributed by atoms with E-state index in [9.17, 15) is 4.79 Å². The average Bonchev–Trinajstić information content (AvgIpc) is 3.61. The summed E-state index contributed by atoms with van der Waals surface area (Å²) in [7, 11) is 0. The van der Waals surface area contributed by atoms with Crippen LogP contribution in [0.15, 0.2) is 102 Å². The maximum Gasteiger partial charge on any atom is 0.255 e. The molecule has 0 N–H and O–H groups in total. The second kappa shape index (κ2) is 11.8. The van der Waals surface area contributed by atoms with E-state index in [-0.39, 0.29) is 18.0 Å². The Kier molecular flexibility index (Phi) is 8.06. The molecule has 0 unspecified atom stereocenters. The van der Waals surface area contributed by atoms with Crippen molar-refractivity contribution >= 4 is 23.3 Å². The first-order valence-electron chi connectivity index (χ1n) is 13.3. The number of halogens is 1. The van der Waals surface area contributed by atoms with Gasteiger partial charge >= 0.3 is 0 Å². The highest BCUT2D eigenvalue weighted by molar-refractivity contribution is 5.85. The molecular weight excluding hydrogens is 492 g/mol. The van der Waals surface area contributed by atoms with Crippen molar-refractivity contribution in [2.75, 3.05) is 19.6 Å². The molecule has 1 saturated heterocycles. The fraction of sp³-hybridized carbons (Fsp3) is 0.250. The number of benzene rings is 3. The average molecular weight is 525 g/mol. The van der Waals surface area contributed by atoms with Gasteiger partial charge < -0.3 is 4.90 Å². The lowest BCUT2D eigenvalue weighted by molar-refractivity contribution is 0.318. The van der Waals surface area contributed by atoms with Gasteiger partial charge in [0.15, 0.2) is 0 Å². The van der Waals surface area contributed by atoms with Crippen LogP contribution >= 0.6 is 12.4 Å². The van der Waals surface area contributed by atoms with E-state index in [1.54, 1.807) is 10.6 Å². The zero-order valence-electron chi connectivity index (χ0n) is 21.5. The first-order chi connectivity index (χ1) is 18.2. The van der Waals surface area contributed by atoms with Crippen LogP contribution in [-0.2, 0) is 19.4 Å². The molecule has 0 spiro atoms. The molecule has 38 heavy (non-hydrogen) atoms. The van der Waals surface area contributed by atoms with Crippen molar-refractivity contribution in [3.8, 4) is 16.8 Å². The van der Waals surface area contributed by atoms with Crippen molar-refractivity contribution in [3.05, 3.63) is 119 Å². The van der Waals surface area contributed by atoms with E-state index in [4.69, 9.17) is 0 Å². The quantitative estimate of drug-likeness (QED) is 0.244. The Morgan fingerprint density at radius 3 is 2.24 bits per heavy atom. The first kappa shape index (κ1) is 26.0. The molecule has 0 atom stereocenters. The molecule has 5 aromatic rings. The van der Waals surface area contributed by atoms with Gasteiger partial charge in [0.2, 0.25) is 0 Å². The number of hydrogen-bond acceptors (Lipinski definition) is 3. The summed E-state index contributed by atoms with van der Waals surface area (Å²) in [6.45, 7) is 4.33. The smallest absolute Gasteiger partial charge is 0.255 e. The lowest BCUT2D eigenvalue weighted by Gasteiger charge is -2.14. The van der Waals surface area contributed by atoms with E-state index in [1.165, 1.54) is 42.6 Å². The minimum Gasteiger partial charge on any atom is -0.301 e. The Morgan fingerprint density at radius 2 is 1.47 bits per heavy atom. The van der Waals surface area contributed by atoms with Gasteiger partial charge in [-0.1, -0.05) is 54.6 Å². The van der Waals surface area contributed by atoms with Crippen molar-refractivity contribution < 1.29 is 0 Å².